The van der Waals surface area contributed by atoms with Crippen molar-refractivity contribution in [2.24, 2.45) is 5.41 Å². The zero-order valence-corrected chi connectivity index (χ0v) is 11.2. The summed E-state index contributed by atoms with van der Waals surface area (Å²) in [5, 5.41) is -0.0521. The van der Waals surface area contributed by atoms with Gasteiger partial charge in [0, 0.05) is 16.6 Å². The number of carbonyl (C=O) groups excluding carboxylic acids is 1. The van der Waals surface area contributed by atoms with E-state index in [9.17, 15) is 4.79 Å². The van der Waals surface area contributed by atoms with E-state index in [1.807, 2.05) is 13.0 Å². The lowest BCUT2D eigenvalue weighted by Crippen LogP contribution is -2.30. The summed E-state index contributed by atoms with van der Waals surface area (Å²) >= 11 is 6.25. The predicted octanol–water partition coefficient (Wildman–Crippen LogP) is 3.60. The predicted molar refractivity (Wildman–Crippen MR) is 67.2 cm³/mol. The Morgan fingerprint density at radius 1 is 1.50 bits per heavy atom. The summed E-state index contributed by atoms with van der Waals surface area (Å²) in [7, 11) is 0. The molecular formula is C14H15ClO3. The fraction of sp³-hybridized carbons (Fsp3) is 0.500. The topological polar surface area (TPSA) is 39.4 Å². The van der Waals surface area contributed by atoms with Crippen molar-refractivity contribution < 1.29 is 13.9 Å². The normalized spacial score (nSPS) is 35.6. The van der Waals surface area contributed by atoms with Crippen molar-refractivity contribution in [3.8, 4) is 0 Å². The zero-order chi connectivity index (χ0) is 12.9. The number of allylic oxidation sites excluding steroid dienone is 1. The molecule has 0 aromatic carbocycles. The molecule has 1 unspecified atom stereocenters. The highest BCUT2D eigenvalue weighted by Gasteiger charge is 2.54. The minimum Gasteiger partial charge on any atom is -0.472 e. The minimum absolute atomic E-state index is 0.0521. The maximum Gasteiger partial charge on any atom is 0.335 e. The summed E-state index contributed by atoms with van der Waals surface area (Å²) in [5.74, 6) is -0.230. The Kier molecular flexibility index (Phi) is 2.56. The molecule has 0 saturated carbocycles. The molecule has 1 fully saturated rings. The van der Waals surface area contributed by atoms with Gasteiger partial charge in [0.1, 0.15) is 6.10 Å². The summed E-state index contributed by atoms with van der Waals surface area (Å²) in [6.07, 6.45) is 4.73. The highest BCUT2D eigenvalue weighted by Crippen LogP contribution is 2.56. The van der Waals surface area contributed by atoms with Crippen molar-refractivity contribution >= 4 is 17.6 Å². The molecule has 1 aliphatic carbocycles. The van der Waals surface area contributed by atoms with Crippen molar-refractivity contribution in [2.75, 3.05) is 0 Å². The highest BCUT2D eigenvalue weighted by atomic mass is 35.5. The SMILES string of the molecule is CC1=C2C(=O)O[C@@H](c3ccoc3)[C@]2(C)CCC1Cl. The van der Waals surface area contributed by atoms with E-state index in [0.29, 0.717) is 0 Å². The molecule has 0 bridgehead atoms. The van der Waals surface area contributed by atoms with Crippen LogP contribution in [0.1, 0.15) is 38.4 Å². The van der Waals surface area contributed by atoms with Gasteiger partial charge in [0.2, 0.25) is 0 Å². The quantitative estimate of drug-likeness (QED) is 0.576. The minimum atomic E-state index is -0.281. The molecule has 1 aliphatic heterocycles. The van der Waals surface area contributed by atoms with E-state index in [4.69, 9.17) is 20.8 Å². The van der Waals surface area contributed by atoms with Crippen LogP contribution >= 0.6 is 11.6 Å². The third-order valence-corrected chi connectivity index (χ3v) is 4.75. The monoisotopic (exact) mass is 266 g/mol. The molecule has 2 aliphatic rings. The third kappa shape index (κ3) is 1.46. The van der Waals surface area contributed by atoms with E-state index >= 15 is 0 Å². The van der Waals surface area contributed by atoms with Crippen LogP contribution in [0, 0.1) is 5.41 Å². The number of rotatable bonds is 1. The van der Waals surface area contributed by atoms with Gasteiger partial charge in [-0.3, -0.25) is 0 Å². The molecule has 1 saturated heterocycles. The maximum absolute atomic E-state index is 12.1. The van der Waals surface area contributed by atoms with E-state index < -0.39 is 0 Å². The first-order chi connectivity index (χ1) is 8.54. The molecule has 18 heavy (non-hydrogen) atoms. The number of ether oxygens (including phenoxy) is 1. The molecule has 96 valence electrons. The third-order valence-electron chi connectivity index (χ3n) is 4.21. The molecule has 4 heteroatoms. The number of hydrogen-bond donors (Lipinski definition) is 0. The second kappa shape index (κ2) is 3.89. The number of cyclic esters (lactones) is 1. The molecule has 0 spiro atoms. The van der Waals surface area contributed by atoms with E-state index in [1.54, 1.807) is 12.5 Å². The Hall–Kier alpha value is -1.22. The molecule has 0 N–H and O–H groups in total. The fourth-order valence-corrected chi connectivity index (χ4v) is 3.41. The van der Waals surface area contributed by atoms with Gasteiger partial charge in [-0.2, -0.15) is 0 Å². The van der Waals surface area contributed by atoms with Crippen LogP contribution in [0.25, 0.3) is 0 Å². The van der Waals surface area contributed by atoms with Gasteiger partial charge in [-0.05, 0) is 31.4 Å². The summed E-state index contributed by atoms with van der Waals surface area (Å²) < 4.78 is 10.7. The highest BCUT2D eigenvalue weighted by molar-refractivity contribution is 6.23. The van der Waals surface area contributed by atoms with Crippen molar-refractivity contribution in [1.29, 1.82) is 0 Å². The number of furan rings is 1. The van der Waals surface area contributed by atoms with Crippen LogP contribution in [0.2, 0.25) is 0 Å². The lowest BCUT2D eigenvalue weighted by molar-refractivity contribution is -0.140. The molecule has 1 aromatic heterocycles. The zero-order valence-electron chi connectivity index (χ0n) is 10.4. The largest absolute Gasteiger partial charge is 0.472 e. The Balaban J connectivity index is 2.11. The standard InChI is InChI=1S/C14H15ClO3/c1-8-10(15)3-5-14(2)11(8)13(16)18-12(14)9-4-6-17-7-9/h4,6-7,10,12H,3,5H2,1-2H3/t10?,12-,14+/m0/s1. The van der Waals surface area contributed by atoms with Crippen LogP contribution in [0.3, 0.4) is 0 Å². The molecule has 1 aromatic rings. The van der Waals surface area contributed by atoms with Crippen molar-refractivity contribution in [3.05, 3.63) is 35.3 Å². The summed E-state index contributed by atoms with van der Waals surface area (Å²) in [5.41, 5.74) is 2.36. The first-order valence-corrected chi connectivity index (χ1v) is 6.56. The fourth-order valence-electron chi connectivity index (χ4n) is 3.19. The van der Waals surface area contributed by atoms with Gasteiger partial charge in [-0.1, -0.05) is 6.92 Å². The Bertz CT molecular complexity index is 517. The Labute approximate surface area is 111 Å². The van der Waals surface area contributed by atoms with Crippen molar-refractivity contribution in [3.63, 3.8) is 0 Å². The van der Waals surface area contributed by atoms with Gasteiger partial charge in [0.15, 0.2) is 0 Å². The van der Waals surface area contributed by atoms with Gasteiger partial charge >= 0.3 is 5.97 Å². The van der Waals surface area contributed by atoms with Gasteiger partial charge in [-0.25, -0.2) is 4.79 Å². The lowest BCUT2D eigenvalue weighted by Gasteiger charge is -2.35. The van der Waals surface area contributed by atoms with Crippen LogP contribution < -0.4 is 0 Å². The number of fused-ring (bicyclic) bond motifs is 1. The van der Waals surface area contributed by atoms with E-state index in [0.717, 1.165) is 29.6 Å². The smallest absolute Gasteiger partial charge is 0.335 e. The molecule has 2 heterocycles. The summed E-state index contributed by atoms with van der Waals surface area (Å²) in [6.45, 7) is 4.01. The Morgan fingerprint density at radius 2 is 2.28 bits per heavy atom. The van der Waals surface area contributed by atoms with Crippen LogP contribution in [-0.4, -0.2) is 11.3 Å². The number of hydrogen-bond acceptors (Lipinski definition) is 3. The molecule has 3 rings (SSSR count). The first kappa shape index (κ1) is 11.8. The van der Waals surface area contributed by atoms with E-state index in [2.05, 4.69) is 6.92 Å². The van der Waals surface area contributed by atoms with Crippen LogP contribution in [0.4, 0.5) is 0 Å². The van der Waals surface area contributed by atoms with Crippen molar-refractivity contribution in [1.82, 2.24) is 0 Å². The van der Waals surface area contributed by atoms with Crippen molar-refractivity contribution in [2.45, 2.75) is 38.2 Å². The summed E-state index contributed by atoms with van der Waals surface area (Å²) in [4.78, 5) is 12.1. The van der Waals surface area contributed by atoms with Gasteiger partial charge < -0.3 is 9.15 Å². The molecule has 0 radical (unpaired) electrons. The molecule has 3 atom stereocenters. The average Bonchev–Trinajstić information content (AvgIpc) is 2.92. The van der Waals surface area contributed by atoms with Gasteiger partial charge in [0.05, 0.1) is 17.9 Å². The number of esters is 1. The Morgan fingerprint density at radius 3 is 2.94 bits per heavy atom. The number of carbonyl (C=O) groups is 1. The molecule has 0 amide bonds. The van der Waals surface area contributed by atoms with Gasteiger partial charge in [0.25, 0.3) is 0 Å². The molecular weight excluding hydrogens is 252 g/mol. The van der Waals surface area contributed by atoms with E-state index in [-0.39, 0.29) is 22.9 Å². The number of alkyl halides is 1. The van der Waals surface area contributed by atoms with Crippen LogP contribution in [-0.2, 0) is 9.53 Å². The van der Waals surface area contributed by atoms with Gasteiger partial charge in [-0.15, -0.1) is 11.6 Å². The lowest BCUT2D eigenvalue weighted by atomic mass is 9.68. The van der Waals surface area contributed by atoms with Crippen LogP contribution in [0.5, 0.6) is 0 Å². The average molecular weight is 267 g/mol. The summed E-state index contributed by atoms with van der Waals surface area (Å²) in [6, 6.07) is 1.86. The second-order valence-corrected chi connectivity index (χ2v) is 5.85. The second-order valence-electron chi connectivity index (χ2n) is 5.32. The van der Waals surface area contributed by atoms with E-state index in [1.165, 1.54) is 0 Å². The maximum atomic E-state index is 12.1. The number of halogens is 1. The first-order valence-electron chi connectivity index (χ1n) is 6.12. The van der Waals surface area contributed by atoms with Crippen LogP contribution in [0.15, 0.2) is 34.2 Å². The molecule has 3 nitrogen and oxygen atoms in total.